The second-order valence-corrected chi connectivity index (χ2v) is 6.58. The average molecular weight is 194 g/mol. The predicted octanol–water partition coefficient (Wildman–Crippen LogP) is 1.76. The van der Waals surface area contributed by atoms with Gasteiger partial charge in [-0.15, -0.1) is 0 Å². The Morgan fingerprint density at radius 2 is 1.43 bits per heavy atom. The lowest BCUT2D eigenvalue weighted by atomic mass is 9.68. The van der Waals surface area contributed by atoms with Crippen LogP contribution in [0.5, 0.6) is 0 Å². The Labute approximate surface area is 84.7 Å². The normalized spacial score (nSPS) is 69.8. The van der Waals surface area contributed by atoms with E-state index < -0.39 is 0 Å². The van der Waals surface area contributed by atoms with Gasteiger partial charge >= 0.3 is 0 Å². The van der Waals surface area contributed by atoms with Crippen LogP contribution >= 0.6 is 0 Å². The number of aliphatic hydroxyl groups excluding tert-OH is 1. The molecule has 3 saturated carbocycles. The van der Waals surface area contributed by atoms with Crippen LogP contribution in [-0.2, 0) is 4.79 Å². The van der Waals surface area contributed by atoms with Gasteiger partial charge in [0, 0.05) is 21.7 Å². The third kappa shape index (κ3) is 0.534. The van der Waals surface area contributed by atoms with Crippen LogP contribution in [0.3, 0.4) is 0 Å². The molecule has 3 rings (SSSR count). The zero-order chi connectivity index (χ0) is 10.6. The van der Waals surface area contributed by atoms with Crippen LogP contribution in [0.4, 0.5) is 0 Å². The van der Waals surface area contributed by atoms with Gasteiger partial charge in [0.05, 0.1) is 6.10 Å². The molecule has 3 fully saturated rings. The van der Waals surface area contributed by atoms with Gasteiger partial charge in [0.1, 0.15) is 5.78 Å². The lowest BCUT2D eigenvalue weighted by molar-refractivity contribution is -0.139. The van der Waals surface area contributed by atoms with E-state index in [1.807, 2.05) is 13.8 Å². The smallest absolute Gasteiger partial charge is 0.145 e. The Hall–Kier alpha value is -0.370. The van der Waals surface area contributed by atoms with Gasteiger partial charge in [-0.05, 0) is 12.8 Å². The van der Waals surface area contributed by atoms with Crippen molar-refractivity contribution in [2.75, 3.05) is 0 Å². The molecule has 0 saturated heterocycles. The van der Waals surface area contributed by atoms with Crippen LogP contribution in [0, 0.1) is 21.7 Å². The molecule has 5 atom stereocenters. The molecule has 0 radical (unpaired) electrons. The van der Waals surface area contributed by atoms with Crippen LogP contribution in [0.1, 0.15) is 40.5 Å². The molecule has 2 nitrogen and oxygen atoms in total. The summed E-state index contributed by atoms with van der Waals surface area (Å²) in [6.45, 7) is 8.20. The maximum absolute atomic E-state index is 12.3. The van der Waals surface area contributed by atoms with Crippen molar-refractivity contribution in [3.63, 3.8) is 0 Å². The predicted molar refractivity (Wildman–Crippen MR) is 52.7 cm³/mol. The molecule has 0 aromatic heterocycles. The van der Waals surface area contributed by atoms with E-state index in [-0.39, 0.29) is 27.8 Å². The molecule has 0 heterocycles. The molecular weight excluding hydrogens is 176 g/mol. The fraction of sp³-hybridized carbons (Fsp3) is 0.917. The van der Waals surface area contributed by atoms with Crippen molar-refractivity contribution < 1.29 is 9.90 Å². The number of ketones is 1. The van der Waals surface area contributed by atoms with Gasteiger partial charge in [-0.25, -0.2) is 0 Å². The number of aliphatic hydroxyl groups is 1. The minimum absolute atomic E-state index is 0.130. The first-order valence-electron chi connectivity index (χ1n) is 5.45. The highest BCUT2D eigenvalue weighted by Gasteiger charge is 2.86. The molecule has 0 aromatic carbocycles. The Morgan fingerprint density at radius 3 is 1.79 bits per heavy atom. The summed E-state index contributed by atoms with van der Waals surface area (Å²) in [5.41, 5.74) is -0.710. The number of carbonyl (C=O) groups is 1. The minimum Gasteiger partial charge on any atom is -0.392 e. The summed E-state index contributed by atoms with van der Waals surface area (Å²) in [6, 6.07) is 0. The number of rotatable bonds is 0. The van der Waals surface area contributed by atoms with Gasteiger partial charge in [-0.1, -0.05) is 27.7 Å². The molecule has 0 spiro atoms. The highest BCUT2D eigenvalue weighted by molar-refractivity contribution is 5.98. The molecule has 14 heavy (non-hydrogen) atoms. The number of fused-ring (bicyclic) bond motifs is 2. The lowest BCUT2D eigenvalue weighted by Gasteiger charge is -2.37. The highest BCUT2D eigenvalue weighted by atomic mass is 16.3. The summed E-state index contributed by atoms with van der Waals surface area (Å²) in [5, 5.41) is 10.3. The number of carbonyl (C=O) groups excluding carboxylic acids is 1. The van der Waals surface area contributed by atoms with Crippen molar-refractivity contribution >= 4 is 5.78 Å². The Morgan fingerprint density at radius 1 is 1.07 bits per heavy atom. The first-order chi connectivity index (χ1) is 6.22. The third-order valence-corrected chi connectivity index (χ3v) is 5.92. The second kappa shape index (κ2) is 1.71. The van der Waals surface area contributed by atoms with E-state index >= 15 is 0 Å². The standard InChI is InChI=1S/C12H18O2/c1-9-5-10(9,2)8(14)12(4)6-11(12,3)7(9)13/h7,13H,5-6H2,1-4H3/t7?,9-,10+,11+,12-. The molecule has 78 valence electrons. The summed E-state index contributed by atoms with van der Waals surface area (Å²) in [4.78, 5) is 12.3. The summed E-state index contributed by atoms with van der Waals surface area (Å²) >= 11 is 0. The fourth-order valence-electron chi connectivity index (χ4n) is 4.17. The van der Waals surface area contributed by atoms with Crippen LogP contribution in [0.25, 0.3) is 0 Å². The molecule has 0 aliphatic heterocycles. The van der Waals surface area contributed by atoms with E-state index in [4.69, 9.17) is 0 Å². The zero-order valence-corrected chi connectivity index (χ0v) is 9.35. The maximum atomic E-state index is 12.3. The molecule has 3 aliphatic carbocycles. The van der Waals surface area contributed by atoms with Crippen molar-refractivity contribution in [2.24, 2.45) is 21.7 Å². The van der Waals surface area contributed by atoms with Crippen molar-refractivity contribution in [1.29, 1.82) is 0 Å². The molecule has 1 unspecified atom stereocenters. The van der Waals surface area contributed by atoms with Gasteiger partial charge in [-0.3, -0.25) is 4.79 Å². The van der Waals surface area contributed by atoms with E-state index in [9.17, 15) is 9.90 Å². The first-order valence-corrected chi connectivity index (χ1v) is 5.45. The minimum atomic E-state index is -0.289. The van der Waals surface area contributed by atoms with Crippen molar-refractivity contribution in [1.82, 2.24) is 0 Å². The van der Waals surface area contributed by atoms with E-state index in [0.717, 1.165) is 12.8 Å². The monoisotopic (exact) mass is 194 g/mol. The molecular formula is C12H18O2. The van der Waals surface area contributed by atoms with Crippen molar-refractivity contribution in [2.45, 2.75) is 46.6 Å². The maximum Gasteiger partial charge on any atom is 0.145 e. The first kappa shape index (κ1) is 8.90. The largest absolute Gasteiger partial charge is 0.392 e. The average Bonchev–Trinajstić information content (AvgIpc) is 2.87. The van der Waals surface area contributed by atoms with Gasteiger partial charge in [-0.2, -0.15) is 0 Å². The number of hydrogen-bond acceptors (Lipinski definition) is 2. The Kier molecular flexibility index (Phi) is 1.09. The summed E-state index contributed by atoms with van der Waals surface area (Å²) in [5.74, 6) is 0.403. The molecule has 0 amide bonds. The summed E-state index contributed by atoms with van der Waals surface area (Å²) in [6.07, 6.45) is 1.47. The van der Waals surface area contributed by atoms with Gasteiger partial charge in [0.15, 0.2) is 0 Å². The Bertz CT molecular complexity index is 331. The quantitative estimate of drug-likeness (QED) is 0.638. The van der Waals surface area contributed by atoms with Gasteiger partial charge < -0.3 is 5.11 Å². The van der Waals surface area contributed by atoms with Crippen LogP contribution in [-0.4, -0.2) is 17.0 Å². The van der Waals surface area contributed by atoms with E-state index in [1.54, 1.807) is 0 Å². The highest BCUT2D eigenvalue weighted by Crippen LogP contribution is 2.84. The molecule has 3 aliphatic rings. The fourth-order valence-corrected chi connectivity index (χ4v) is 4.17. The molecule has 1 N–H and O–H groups in total. The van der Waals surface area contributed by atoms with E-state index in [2.05, 4.69) is 13.8 Å². The van der Waals surface area contributed by atoms with Crippen LogP contribution in [0.15, 0.2) is 0 Å². The van der Waals surface area contributed by atoms with E-state index in [1.165, 1.54) is 0 Å². The van der Waals surface area contributed by atoms with E-state index in [0.29, 0.717) is 5.78 Å². The van der Waals surface area contributed by atoms with Crippen molar-refractivity contribution in [3.05, 3.63) is 0 Å². The lowest BCUT2D eigenvalue weighted by Crippen LogP contribution is -2.45. The zero-order valence-electron chi connectivity index (χ0n) is 9.35. The summed E-state index contributed by atoms with van der Waals surface area (Å²) in [7, 11) is 0. The van der Waals surface area contributed by atoms with Gasteiger partial charge in [0.25, 0.3) is 0 Å². The topological polar surface area (TPSA) is 37.3 Å². The Balaban J connectivity index is 2.14. The van der Waals surface area contributed by atoms with Crippen LogP contribution in [0.2, 0.25) is 0 Å². The number of hydrogen-bond donors (Lipinski definition) is 1. The van der Waals surface area contributed by atoms with Gasteiger partial charge in [0.2, 0.25) is 0 Å². The summed E-state index contributed by atoms with van der Waals surface area (Å²) < 4.78 is 0. The SMILES string of the molecule is C[C@@]12C[C@]1(C)C(O)[C@]1(C)C[C@]1(C)C2=O. The second-order valence-electron chi connectivity index (χ2n) is 6.58. The number of Topliss-reactive ketones (excluding diaryl/α,β-unsaturated/α-hetero) is 1. The van der Waals surface area contributed by atoms with Crippen molar-refractivity contribution in [3.8, 4) is 0 Å². The van der Waals surface area contributed by atoms with Crippen LogP contribution < -0.4 is 0 Å². The molecule has 2 heteroatoms. The molecule has 0 bridgehead atoms. The third-order valence-electron chi connectivity index (χ3n) is 5.92. The molecule has 0 aromatic rings.